The predicted molar refractivity (Wildman–Crippen MR) is 72.0 cm³/mol. The number of carbonyl (C=O) groups excluding carboxylic acids is 1. The lowest BCUT2D eigenvalue weighted by atomic mass is 10.2. The van der Waals surface area contributed by atoms with Crippen LogP contribution >= 0.6 is 11.6 Å². The van der Waals surface area contributed by atoms with Crippen molar-refractivity contribution < 1.29 is 9.53 Å². The standard InChI is InChI=1S/C12H11ClN4O2/c1-6-9(10(14)17-12(15)16-6)19-11(18)7-4-2-3-5-8(7)13/h2-5H,1H3,(H4,14,15,16,17). The van der Waals surface area contributed by atoms with Gasteiger partial charge < -0.3 is 16.2 Å². The van der Waals surface area contributed by atoms with Gasteiger partial charge in [0.25, 0.3) is 0 Å². The first kappa shape index (κ1) is 13.1. The lowest BCUT2D eigenvalue weighted by molar-refractivity contribution is 0.0733. The fraction of sp³-hybridized carbons (Fsp3) is 0.0833. The highest BCUT2D eigenvalue weighted by atomic mass is 35.5. The van der Waals surface area contributed by atoms with Crippen molar-refractivity contribution in [3.05, 3.63) is 40.5 Å². The van der Waals surface area contributed by atoms with E-state index in [0.717, 1.165) is 0 Å². The summed E-state index contributed by atoms with van der Waals surface area (Å²) in [6.45, 7) is 1.61. The maximum absolute atomic E-state index is 12.0. The Kier molecular flexibility index (Phi) is 3.52. The second kappa shape index (κ2) is 5.11. The summed E-state index contributed by atoms with van der Waals surface area (Å²) in [6.07, 6.45) is 0. The van der Waals surface area contributed by atoms with Crippen LogP contribution in [0.15, 0.2) is 24.3 Å². The van der Waals surface area contributed by atoms with E-state index in [1.165, 1.54) is 0 Å². The molecule has 1 aromatic heterocycles. The van der Waals surface area contributed by atoms with Gasteiger partial charge in [0, 0.05) is 0 Å². The van der Waals surface area contributed by atoms with Gasteiger partial charge in [0.05, 0.1) is 16.3 Å². The molecule has 0 aliphatic carbocycles. The molecule has 0 fully saturated rings. The quantitative estimate of drug-likeness (QED) is 0.812. The van der Waals surface area contributed by atoms with E-state index in [0.29, 0.717) is 10.7 Å². The minimum Gasteiger partial charge on any atom is -0.417 e. The molecule has 98 valence electrons. The third kappa shape index (κ3) is 2.74. The molecule has 0 bridgehead atoms. The summed E-state index contributed by atoms with van der Waals surface area (Å²) in [5.74, 6) is -0.522. The van der Waals surface area contributed by atoms with Gasteiger partial charge in [0.1, 0.15) is 0 Å². The van der Waals surface area contributed by atoms with E-state index in [9.17, 15) is 4.79 Å². The van der Waals surface area contributed by atoms with E-state index < -0.39 is 5.97 Å². The highest BCUT2D eigenvalue weighted by Crippen LogP contribution is 2.25. The Hall–Kier alpha value is -2.34. The topological polar surface area (TPSA) is 104 Å². The van der Waals surface area contributed by atoms with Gasteiger partial charge in [0.2, 0.25) is 5.95 Å². The largest absolute Gasteiger partial charge is 0.417 e. The summed E-state index contributed by atoms with van der Waals surface area (Å²) in [5.41, 5.74) is 11.7. The summed E-state index contributed by atoms with van der Waals surface area (Å²) in [7, 11) is 0. The van der Waals surface area contributed by atoms with E-state index in [2.05, 4.69) is 9.97 Å². The molecule has 19 heavy (non-hydrogen) atoms. The molecule has 0 saturated carbocycles. The minimum absolute atomic E-state index is 0.00500. The Morgan fingerprint density at radius 1 is 1.26 bits per heavy atom. The minimum atomic E-state index is -0.631. The zero-order valence-corrected chi connectivity index (χ0v) is 10.8. The van der Waals surface area contributed by atoms with Crippen LogP contribution in [0.2, 0.25) is 5.02 Å². The van der Waals surface area contributed by atoms with Gasteiger partial charge in [-0.3, -0.25) is 0 Å². The van der Waals surface area contributed by atoms with Crippen LogP contribution in [0.4, 0.5) is 11.8 Å². The van der Waals surface area contributed by atoms with Crippen molar-refractivity contribution in [1.29, 1.82) is 0 Å². The van der Waals surface area contributed by atoms with Crippen LogP contribution in [0.3, 0.4) is 0 Å². The molecule has 2 aromatic rings. The van der Waals surface area contributed by atoms with Crippen molar-refractivity contribution >= 4 is 29.3 Å². The molecule has 2 rings (SSSR count). The van der Waals surface area contributed by atoms with Crippen LogP contribution < -0.4 is 16.2 Å². The van der Waals surface area contributed by atoms with Gasteiger partial charge in [0.15, 0.2) is 11.6 Å². The van der Waals surface area contributed by atoms with Gasteiger partial charge in [-0.1, -0.05) is 23.7 Å². The third-order valence-electron chi connectivity index (χ3n) is 2.37. The zero-order chi connectivity index (χ0) is 14.0. The first-order valence-corrected chi connectivity index (χ1v) is 5.73. The van der Waals surface area contributed by atoms with Crippen molar-refractivity contribution in [3.8, 4) is 5.75 Å². The van der Waals surface area contributed by atoms with Gasteiger partial charge in [-0.05, 0) is 19.1 Å². The molecule has 0 unspecified atom stereocenters. The Bertz CT molecular complexity index is 622. The summed E-state index contributed by atoms with van der Waals surface area (Å²) in [6, 6.07) is 6.53. The number of aromatic nitrogens is 2. The first-order valence-electron chi connectivity index (χ1n) is 5.35. The van der Waals surface area contributed by atoms with Crippen molar-refractivity contribution in [2.24, 2.45) is 0 Å². The molecular weight excluding hydrogens is 268 g/mol. The zero-order valence-electron chi connectivity index (χ0n) is 10.1. The fourth-order valence-corrected chi connectivity index (χ4v) is 1.72. The SMILES string of the molecule is Cc1nc(N)nc(N)c1OC(=O)c1ccccc1Cl. The van der Waals surface area contributed by atoms with Gasteiger partial charge in [-0.2, -0.15) is 4.98 Å². The van der Waals surface area contributed by atoms with Gasteiger partial charge in [-0.15, -0.1) is 0 Å². The number of nitrogen functional groups attached to an aromatic ring is 2. The molecule has 6 nitrogen and oxygen atoms in total. The number of esters is 1. The Morgan fingerprint density at radius 3 is 2.58 bits per heavy atom. The maximum atomic E-state index is 12.0. The van der Waals surface area contributed by atoms with Crippen LogP contribution in [-0.4, -0.2) is 15.9 Å². The summed E-state index contributed by atoms with van der Waals surface area (Å²) in [5, 5.41) is 0.292. The average Bonchev–Trinajstić information content (AvgIpc) is 2.34. The highest BCUT2D eigenvalue weighted by molar-refractivity contribution is 6.33. The maximum Gasteiger partial charge on any atom is 0.345 e. The monoisotopic (exact) mass is 278 g/mol. The number of benzene rings is 1. The number of nitrogens with two attached hydrogens (primary N) is 2. The molecule has 0 aliphatic rings. The van der Waals surface area contributed by atoms with E-state index in [1.807, 2.05) is 0 Å². The second-order valence-corrected chi connectivity index (χ2v) is 4.16. The number of halogens is 1. The van der Waals surface area contributed by atoms with Crippen molar-refractivity contribution in [3.63, 3.8) is 0 Å². The second-order valence-electron chi connectivity index (χ2n) is 3.75. The van der Waals surface area contributed by atoms with E-state index in [4.69, 9.17) is 27.8 Å². The Morgan fingerprint density at radius 2 is 1.95 bits per heavy atom. The summed E-state index contributed by atoms with van der Waals surface area (Å²) in [4.78, 5) is 19.6. The molecule has 4 N–H and O–H groups in total. The number of carbonyl (C=O) groups is 1. The first-order chi connectivity index (χ1) is 8.99. The molecule has 0 spiro atoms. The normalized spacial score (nSPS) is 10.2. The molecule has 1 heterocycles. The Balaban J connectivity index is 2.32. The molecule has 0 atom stereocenters. The number of ether oxygens (including phenoxy) is 1. The van der Waals surface area contributed by atoms with Gasteiger partial charge >= 0.3 is 5.97 Å². The summed E-state index contributed by atoms with van der Waals surface area (Å²) >= 11 is 5.91. The number of hydrogen-bond acceptors (Lipinski definition) is 6. The molecule has 0 aliphatic heterocycles. The van der Waals surface area contributed by atoms with E-state index >= 15 is 0 Å². The lowest BCUT2D eigenvalue weighted by Gasteiger charge is -2.09. The summed E-state index contributed by atoms with van der Waals surface area (Å²) < 4.78 is 5.17. The van der Waals surface area contributed by atoms with Crippen LogP contribution in [0.5, 0.6) is 5.75 Å². The number of hydrogen-bond donors (Lipinski definition) is 2. The van der Waals surface area contributed by atoms with Gasteiger partial charge in [-0.25, -0.2) is 9.78 Å². The van der Waals surface area contributed by atoms with Crippen LogP contribution in [0.1, 0.15) is 16.1 Å². The van der Waals surface area contributed by atoms with Crippen molar-refractivity contribution in [2.45, 2.75) is 6.92 Å². The smallest absolute Gasteiger partial charge is 0.345 e. The molecular formula is C12H11ClN4O2. The van der Waals surface area contributed by atoms with Crippen LogP contribution in [0, 0.1) is 6.92 Å². The molecule has 0 saturated heterocycles. The van der Waals surface area contributed by atoms with E-state index in [-0.39, 0.29) is 23.1 Å². The fourth-order valence-electron chi connectivity index (χ4n) is 1.51. The average molecular weight is 279 g/mol. The van der Waals surface area contributed by atoms with Crippen molar-refractivity contribution in [2.75, 3.05) is 11.5 Å². The Labute approximate surface area is 114 Å². The third-order valence-corrected chi connectivity index (χ3v) is 2.70. The molecule has 0 radical (unpaired) electrons. The predicted octanol–water partition coefficient (Wildman–Crippen LogP) is 1.82. The highest BCUT2D eigenvalue weighted by Gasteiger charge is 2.17. The molecule has 0 amide bonds. The number of nitrogens with zero attached hydrogens (tertiary/aromatic N) is 2. The molecule has 7 heteroatoms. The van der Waals surface area contributed by atoms with Crippen LogP contribution in [-0.2, 0) is 0 Å². The molecule has 1 aromatic carbocycles. The lowest BCUT2D eigenvalue weighted by Crippen LogP contribution is -2.13. The van der Waals surface area contributed by atoms with Crippen molar-refractivity contribution in [1.82, 2.24) is 9.97 Å². The number of rotatable bonds is 2. The van der Waals surface area contributed by atoms with E-state index in [1.54, 1.807) is 31.2 Å². The number of aryl methyl sites for hydroxylation is 1. The number of anilines is 2. The van der Waals surface area contributed by atoms with Crippen LogP contribution in [0.25, 0.3) is 0 Å².